The van der Waals surface area contributed by atoms with Crippen molar-refractivity contribution in [3.63, 3.8) is 0 Å². The molecule has 0 spiro atoms. The second-order valence-electron chi connectivity index (χ2n) is 6.04. The lowest BCUT2D eigenvalue weighted by molar-refractivity contribution is 0.390. The number of hydrogen-bond acceptors (Lipinski definition) is 4. The molecule has 0 aromatic heterocycles. The van der Waals surface area contributed by atoms with Crippen LogP contribution in [0.4, 0.5) is 0 Å². The zero-order valence-electron chi connectivity index (χ0n) is 15.0. The summed E-state index contributed by atoms with van der Waals surface area (Å²) in [5.74, 6) is 0.374. The van der Waals surface area contributed by atoms with Crippen molar-refractivity contribution in [3.05, 3.63) is 59.2 Å². The van der Waals surface area contributed by atoms with Crippen molar-refractivity contribution < 1.29 is 13.2 Å². The van der Waals surface area contributed by atoms with Crippen LogP contribution in [0.2, 0.25) is 0 Å². The molecule has 2 N–H and O–H groups in total. The molecule has 0 atom stereocenters. The van der Waals surface area contributed by atoms with Gasteiger partial charge in [0, 0.05) is 19.6 Å². The van der Waals surface area contributed by atoms with Gasteiger partial charge in [0.05, 0.1) is 7.11 Å². The molecule has 136 valence electrons. The molecular weight excluding hydrogens is 336 g/mol. The monoisotopic (exact) mass is 362 g/mol. The predicted octanol–water partition coefficient (Wildman–Crippen LogP) is 2.50. The van der Waals surface area contributed by atoms with Crippen LogP contribution in [0.25, 0.3) is 0 Å². The summed E-state index contributed by atoms with van der Waals surface area (Å²) < 4.78 is 33.3. The largest absolute Gasteiger partial charge is 0.495 e. The number of sulfonamides is 1. The molecule has 6 heteroatoms. The van der Waals surface area contributed by atoms with Crippen LogP contribution in [0.1, 0.15) is 16.7 Å². The van der Waals surface area contributed by atoms with E-state index in [0.717, 1.165) is 11.1 Å². The standard InChI is InChI=1S/C19H26N2O3S/c1-15-13-16(2)19(18(14-15)24-3)25(22,23)21(12-10-20)11-9-17-7-5-4-6-8-17/h4-8,13-14H,9-12,20H2,1-3H3. The molecule has 0 unspecified atom stereocenters. The molecule has 2 aromatic carbocycles. The van der Waals surface area contributed by atoms with E-state index in [1.807, 2.05) is 43.3 Å². The van der Waals surface area contributed by atoms with Crippen LogP contribution in [0.15, 0.2) is 47.4 Å². The molecule has 0 aliphatic rings. The smallest absolute Gasteiger partial charge is 0.247 e. The van der Waals surface area contributed by atoms with E-state index in [4.69, 9.17) is 10.5 Å². The summed E-state index contributed by atoms with van der Waals surface area (Å²) in [7, 11) is -2.20. The first-order valence-corrected chi connectivity index (χ1v) is 9.73. The number of aryl methyl sites for hydroxylation is 2. The third kappa shape index (κ3) is 4.60. The molecule has 0 heterocycles. The highest BCUT2D eigenvalue weighted by atomic mass is 32.2. The fourth-order valence-corrected chi connectivity index (χ4v) is 4.72. The molecule has 2 aromatic rings. The number of nitrogens with zero attached hydrogens (tertiary/aromatic N) is 1. The Hall–Kier alpha value is -1.89. The Morgan fingerprint density at radius 1 is 1.08 bits per heavy atom. The predicted molar refractivity (Wildman–Crippen MR) is 100 cm³/mol. The third-order valence-corrected chi connectivity index (χ3v) is 6.16. The summed E-state index contributed by atoms with van der Waals surface area (Å²) in [5, 5.41) is 0. The average molecular weight is 362 g/mol. The van der Waals surface area contributed by atoms with Crippen LogP contribution in [0.3, 0.4) is 0 Å². The average Bonchev–Trinajstić information content (AvgIpc) is 2.58. The molecule has 0 saturated heterocycles. The molecule has 0 aliphatic carbocycles. The first-order chi connectivity index (χ1) is 11.9. The minimum atomic E-state index is -3.70. The summed E-state index contributed by atoms with van der Waals surface area (Å²) in [6.07, 6.45) is 0.632. The van der Waals surface area contributed by atoms with Crippen molar-refractivity contribution in [1.82, 2.24) is 4.31 Å². The SMILES string of the molecule is COc1cc(C)cc(C)c1S(=O)(=O)N(CCN)CCc1ccccc1. The highest BCUT2D eigenvalue weighted by molar-refractivity contribution is 7.89. The van der Waals surface area contributed by atoms with E-state index in [9.17, 15) is 8.42 Å². The van der Waals surface area contributed by atoms with Crippen molar-refractivity contribution in [1.29, 1.82) is 0 Å². The molecule has 0 aliphatic heterocycles. The van der Waals surface area contributed by atoms with Crippen LogP contribution in [0, 0.1) is 13.8 Å². The van der Waals surface area contributed by atoms with Crippen molar-refractivity contribution in [2.45, 2.75) is 25.2 Å². The van der Waals surface area contributed by atoms with Crippen LogP contribution in [-0.2, 0) is 16.4 Å². The maximum atomic E-state index is 13.2. The fraction of sp³-hybridized carbons (Fsp3) is 0.368. The lowest BCUT2D eigenvalue weighted by atomic mass is 10.1. The Kier molecular flexibility index (Phi) is 6.58. The van der Waals surface area contributed by atoms with Crippen molar-refractivity contribution in [3.8, 4) is 5.75 Å². The van der Waals surface area contributed by atoms with Gasteiger partial charge in [-0.3, -0.25) is 0 Å². The van der Waals surface area contributed by atoms with Gasteiger partial charge < -0.3 is 10.5 Å². The second kappa shape index (κ2) is 8.47. The van der Waals surface area contributed by atoms with E-state index in [-0.39, 0.29) is 18.0 Å². The molecule has 2 rings (SSSR count). The number of methoxy groups -OCH3 is 1. The van der Waals surface area contributed by atoms with Gasteiger partial charge in [0.2, 0.25) is 10.0 Å². The summed E-state index contributed by atoms with van der Waals surface area (Å²) in [5.41, 5.74) is 8.40. The number of hydrogen-bond donors (Lipinski definition) is 1. The van der Waals surface area contributed by atoms with Gasteiger partial charge in [-0.05, 0) is 43.0 Å². The van der Waals surface area contributed by atoms with Crippen molar-refractivity contribution in [2.24, 2.45) is 5.73 Å². The van der Waals surface area contributed by atoms with Crippen molar-refractivity contribution >= 4 is 10.0 Å². The molecule has 0 radical (unpaired) electrons. The Bertz CT molecular complexity index is 805. The number of nitrogens with two attached hydrogens (primary N) is 1. The lowest BCUT2D eigenvalue weighted by Gasteiger charge is -2.24. The zero-order chi connectivity index (χ0) is 18.4. The van der Waals surface area contributed by atoms with E-state index in [0.29, 0.717) is 24.3 Å². The second-order valence-corrected chi connectivity index (χ2v) is 7.92. The van der Waals surface area contributed by atoms with E-state index >= 15 is 0 Å². The zero-order valence-corrected chi connectivity index (χ0v) is 15.8. The molecule has 0 amide bonds. The topological polar surface area (TPSA) is 72.6 Å². The van der Waals surface area contributed by atoms with Gasteiger partial charge in [-0.1, -0.05) is 36.4 Å². The fourth-order valence-electron chi connectivity index (χ4n) is 2.92. The molecular formula is C19H26N2O3S. The maximum Gasteiger partial charge on any atom is 0.247 e. The van der Waals surface area contributed by atoms with Gasteiger partial charge in [0.1, 0.15) is 10.6 Å². The van der Waals surface area contributed by atoms with Gasteiger partial charge in [-0.15, -0.1) is 0 Å². The number of ether oxygens (including phenoxy) is 1. The summed E-state index contributed by atoms with van der Waals surface area (Å²) >= 11 is 0. The summed E-state index contributed by atoms with van der Waals surface area (Å²) in [6.45, 7) is 4.62. The quantitative estimate of drug-likeness (QED) is 0.783. The Balaban J connectivity index is 2.36. The van der Waals surface area contributed by atoms with Crippen LogP contribution >= 0.6 is 0 Å². The molecule has 5 nitrogen and oxygen atoms in total. The number of rotatable bonds is 8. The maximum absolute atomic E-state index is 13.2. The molecule has 25 heavy (non-hydrogen) atoms. The molecule has 0 bridgehead atoms. The minimum absolute atomic E-state index is 0.224. The van der Waals surface area contributed by atoms with Gasteiger partial charge in [-0.2, -0.15) is 4.31 Å². The Morgan fingerprint density at radius 3 is 2.36 bits per heavy atom. The van der Waals surface area contributed by atoms with Gasteiger partial charge in [0.25, 0.3) is 0 Å². The first kappa shape index (κ1) is 19.4. The molecule has 0 fully saturated rings. The normalized spacial score (nSPS) is 11.7. The Morgan fingerprint density at radius 2 is 1.76 bits per heavy atom. The molecule has 0 saturated carbocycles. The minimum Gasteiger partial charge on any atom is -0.495 e. The van der Waals surface area contributed by atoms with Crippen LogP contribution < -0.4 is 10.5 Å². The highest BCUT2D eigenvalue weighted by Gasteiger charge is 2.29. The Labute approximate surface area is 150 Å². The third-order valence-electron chi connectivity index (χ3n) is 4.07. The lowest BCUT2D eigenvalue weighted by Crippen LogP contribution is -2.37. The highest BCUT2D eigenvalue weighted by Crippen LogP contribution is 2.31. The first-order valence-electron chi connectivity index (χ1n) is 8.29. The van der Waals surface area contributed by atoms with E-state index in [1.54, 1.807) is 13.0 Å². The summed E-state index contributed by atoms with van der Waals surface area (Å²) in [6, 6.07) is 13.4. The number of benzene rings is 2. The van der Waals surface area contributed by atoms with Gasteiger partial charge in [0.15, 0.2) is 0 Å². The van der Waals surface area contributed by atoms with Crippen LogP contribution in [-0.4, -0.2) is 39.5 Å². The van der Waals surface area contributed by atoms with Gasteiger partial charge >= 0.3 is 0 Å². The summed E-state index contributed by atoms with van der Waals surface area (Å²) in [4.78, 5) is 0.224. The van der Waals surface area contributed by atoms with Gasteiger partial charge in [-0.25, -0.2) is 8.42 Å². The van der Waals surface area contributed by atoms with Crippen molar-refractivity contribution in [2.75, 3.05) is 26.7 Å². The van der Waals surface area contributed by atoms with E-state index in [1.165, 1.54) is 11.4 Å². The van der Waals surface area contributed by atoms with E-state index in [2.05, 4.69) is 0 Å². The van der Waals surface area contributed by atoms with Crippen LogP contribution in [0.5, 0.6) is 5.75 Å². The van der Waals surface area contributed by atoms with E-state index < -0.39 is 10.0 Å².